The number of anilines is 1. The molecule has 2 aromatic carbocycles. The summed E-state index contributed by atoms with van der Waals surface area (Å²) in [6, 6.07) is 13.2. The first kappa shape index (κ1) is 21.9. The Kier molecular flexibility index (Phi) is 6.48. The highest BCUT2D eigenvalue weighted by atomic mass is 35.5. The van der Waals surface area contributed by atoms with E-state index in [9.17, 15) is 23.1 Å². The molecular formula is C21H19ClF3N3O2. The van der Waals surface area contributed by atoms with E-state index >= 15 is 0 Å². The second kappa shape index (κ2) is 8.89. The van der Waals surface area contributed by atoms with Crippen LogP contribution in [0.1, 0.15) is 18.1 Å². The van der Waals surface area contributed by atoms with Crippen LogP contribution in [0.3, 0.4) is 0 Å². The van der Waals surface area contributed by atoms with Crippen molar-refractivity contribution >= 4 is 17.3 Å². The molecule has 3 rings (SSSR count). The van der Waals surface area contributed by atoms with E-state index in [2.05, 4.69) is 10.4 Å². The molecule has 2 unspecified atom stereocenters. The molecule has 0 saturated heterocycles. The van der Waals surface area contributed by atoms with Gasteiger partial charge in [0.2, 0.25) is 0 Å². The summed E-state index contributed by atoms with van der Waals surface area (Å²) in [5.74, 6) is 0. The van der Waals surface area contributed by atoms with E-state index in [1.807, 2.05) is 30.3 Å². The van der Waals surface area contributed by atoms with Crippen molar-refractivity contribution < 1.29 is 18.3 Å². The Morgan fingerprint density at radius 3 is 2.53 bits per heavy atom. The third-order valence-corrected chi connectivity index (χ3v) is 4.95. The average Bonchev–Trinajstić information content (AvgIpc) is 2.71. The molecule has 2 N–H and O–H groups in total. The lowest BCUT2D eigenvalue weighted by atomic mass is 10.0. The van der Waals surface area contributed by atoms with Gasteiger partial charge in [-0.1, -0.05) is 48.0 Å². The van der Waals surface area contributed by atoms with Crippen LogP contribution in [0.5, 0.6) is 0 Å². The summed E-state index contributed by atoms with van der Waals surface area (Å²) in [5.41, 5.74) is -0.594. The molecule has 3 aromatic rings. The van der Waals surface area contributed by atoms with Crippen LogP contribution in [0.4, 0.5) is 18.9 Å². The van der Waals surface area contributed by atoms with Gasteiger partial charge in [0, 0.05) is 12.5 Å². The van der Waals surface area contributed by atoms with Crippen molar-refractivity contribution in [2.24, 2.45) is 0 Å². The molecule has 1 heterocycles. The van der Waals surface area contributed by atoms with Crippen molar-refractivity contribution in [3.05, 3.63) is 87.3 Å². The molecule has 0 aliphatic rings. The quantitative estimate of drug-likeness (QED) is 0.603. The second-order valence-corrected chi connectivity index (χ2v) is 7.21. The molecule has 0 spiro atoms. The first-order chi connectivity index (χ1) is 14.2. The summed E-state index contributed by atoms with van der Waals surface area (Å²) in [6.07, 6.45) is -3.68. The standard InChI is InChI=1S/C21H19ClF3N3O2/c1-13(18(29)10-14-6-3-2-4-7-14)27-17-12-26-28(20(30)19(17)22)16-9-5-8-15(11-16)21(23,24)25/h2-9,11-13,18,27,29H,10H2,1H3. The van der Waals surface area contributed by atoms with Crippen LogP contribution < -0.4 is 10.9 Å². The predicted octanol–water partition coefficient (Wildman–Crippen LogP) is 4.31. The van der Waals surface area contributed by atoms with E-state index in [0.29, 0.717) is 6.42 Å². The topological polar surface area (TPSA) is 67.2 Å². The number of aliphatic hydroxyl groups excluding tert-OH is 1. The third-order valence-electron chi connectivity index (χ3n) is 4.58. The van der Waals surface area contributed by atoms with Gasteiger partial charge in [-0.3, -0.25) is 4.79 Å². The first-order valence-electron chi connectivity index (χ1n) is 9.11. The Morgan fingerprint density at radius 1 is 1.17 bits per heavy atom. The van der Waals surface area contributed by atoms with Crippen LogP contribution in [0.2, 0.25) is 5.02 Å². The molecule has 0 bridgehead atoms. The van der Waals surface area contributed by atoms with E-state index in [1.165, 1.54) is 18.3 Å². The van der Waals surface area contributed by atoms with Gasteiger partial charge >= 0.3 is 6.18 Å². The second-order valence-electron chi connectivity index (χ2n) is 6.83. The molecule has 0 aliphatic heterocycles. The lowest BCUT2D eigenvalue weighted by molar-refractivity contribution is -0.137. The van der Waals surface area contributed by atoms with Gasteiger partial charge in [-0.2, -0.15) is 23.0 Å². The van der Waals surface area contributed by atoms with Crippen LogP contribution in [0.15, 0.2) is 65.6 Å². The highest BCUT2D eigenvalue weighted by Gasteiger charge is 2.30. The van der Waals surface area contributed by atoms with Crippen molar-refractivity contribution in [3.8, 4) is 5.69 Å². The molecule has 2 atom stereocenters. The van der Waals surface area contributed by atoms with E-state index in [-0.39, 0.29) is 16.4 Å². The number of nitrogens with zero attached hydrogens (tertiary/aromatic N) is 2. The lowest BCUT2D eigenvalue weighted by Gasteiger charge is -2.22. The molecule has 0 radical (unpaired) electrons. The average molecular weight is 438 g/mol. The van der Waals surface area contributed by atoms with Gasteiger partial charge in [-0.25, -0.2) is 0 Å². The molecule has 0 saturated carbocycles. The number of rotatable bonds is 6. The SMILES string of the molecule is CC(Nc1cnn(-c2cccc(C(F)(F)F)c2)c(=O)c1Cl)C(O)Cc1ccccc1. The zero-order valence-electron chi connectivity index (χ0n) is 15.9. The van der Waals surface area contributed by atoms with Crippen molar-refractivity contribution in [2.75, 3.05) is 5.32 Å². The monoisotopic (exact) mass is 437 g/mol. The van der Waals surface area contributed by atoms with E-state index in [0.717, 1.165) is 22.4 Å². The zero-order valence-corrected chi connectivity index (χ0v) is 16.7. The summed E-state index contributed by atoms with van der Waals surface area (Å²) in [4.78, 5) is 12.6. The van der Waals surface area contributed by atoms with Gasteiger partial charge in [0.25, 0.3) is 5.56 Å². The summed E-state index contributed by atoms with van der Waals surface area (Å²) in [7, 11) is 0. The van der Waals surface area contributed by atoms with Crippen LogP contribution in [0, 0.1) is 0 Å². The molecular weight excluding hydrogens is 419 g/mol. The largest absolute Gasteiger partial charge is 0.416 e. The molecule has 0 amide bonds. The number of hydrogen-bond acceptors (Lipinski definition) is 4. The normalized spacial score (nSPS) is 13.7. The number of nitrogens with one attached hydrogen (secondary N) is 1. The Morgan fingerprint density at radius 2 is 1.87 bits per heavy atom. The Hall–Kier alpha value is -2.84. The van der Waals surface area contributed by atoms with Gasteiger partial charge < -0.3 is 10.4 Å². The fourth-order valence-corrected chi connectivity index (χ4v) is 3.09. The Balaban J connectivity index is 1.81. The maximum atomic E-state index is 12.9. The zero-order chi connectivity index (χ0) is 21.9. The number of halogens is 4. The molecule has 9 heteroatoms. The fraction of sp³-hybridized carbons (Fsp3) is 0.238. The molecule has 30 heavy (non-hydrogen) atoms. The minimum Gasteiger partial charge on any atom is -0.391 e. The summed E-state index contributed by atoms with van der Waals surface area (Å²) < 4.78 is 39.6. The van der Waals surface area contributed by atoms with Crippen molar-refractivity contribution in [3.63, 3.8) is 0 Å². The van der Waals surface area contributed by atoms with Crippen molar-refractivity contribution in [2.45, 2.75) is 31.7 Å². The fourth-order valence-electron chi connectivity index (χ4n) is 2.91. The number of aromatic nitrogens is 2. The van der Waals surface area contributed by atoms with E-state index < -0.39 is 29.4 Å². The van der Waals surface area contributed by atoms with Gasteiger partial charge in [0.15, 0.2) is 0 Å². The molecule has 0 fully saturated rings. The Bertz CT molecular complexity index is 1070. The van der Waals surface area contributed by atoms with Crippen molar-refractivity contribution in [1.29, 1.82) is 0 Å². The highest BCUT2D eigenvalue weighted by Crippen LogP contribution is 2.30. The molecule has 5 nitrogen and oxygen atoms in total. The minimum absolute atomic E-state index is 0.0552. The van der Waals surface area contributed by atoms with Crippen LogP contribution >= 0.6 is 11.6 Å². The van der Waals surface area contributed by atoms with E-state index in [4.69, 9.17) is 11.6 Å². The number of alkyl halides is 3. The summed E-state index contributed by atoms with van der Waals surface area (Å²) >= 11 is 6.15. The van der Waals surface area contributed by atoms with Gasteiger partial charge in [0.1, 0.15) is 5.02 Å². The minimum atomic E-state index is -4.55. The molecule has 1 aromatic heterocycles. The van der Waals surface area contributed by atoms with Gasteiger partial charge in [-0.15, -0.1) is 0 Å². The maximum Gasteiger partial charge on any atom is 0.416 e. The highest BCUT2D eigenvalue weighted by molar-refractivity contribution is 6.33. The van der Waals surface area contributed by atoms with Gasteiger partial charge in [-0.05, 0) is 30.7 Å². The number of benzene rings is 2. The maximum absolute atomic E-state index is 12.9. The smallest absolute Gasteiger partial charge is 0.391 e. The molecule has 0 aliphatic carbocycles. The van der Waals surface area contributed by atoms with Crippen LogP contribution in [-0.2, 0) is 12.6 Å². The first-order valence-corrected chi connectivity index (χ1v) is 9.48. The number of aliphatic hydroxyl groups is 1. The van der Waals surface area contributed by atoms with Crippen molar-refractivity contribution in [1.82, 2.24) is 9.78 Å². The van der Waals surface area contributed by atoms with Crippen LogP contribution in [0.25, 0.3) is 5.69 Å². The summed E-state index contributed by atoms with van der Waals surface area (Å²) in [6.45, 7) is 1.72. The number of hydrogen-bond donors (Lipinski definition) is 2. The van der Waals surface area contributed by atoms with Crippen LogP contribution in [-0.4, -0.2) is 27.0 Å². The van der Waals surface area contributed by atoms with Gasteiger partial charge in [0.05, 0.1) is 29.2 Å². The van der Waals surface area contributed by atoms with E-state index in [1.54, 1.807) is 6.92 Å². The Labute approximate surface area is 175 Å². The molecule has 158 valence electrons. The third kappa shape index (κ3) is 5.01. The lowest BCUT2D eigenvalue weighted by Crippen LogP contribution is -2.33. The summed E-state index contributed by atoms with van der Waals surface area (Å²) in [5, 5.41) is 17.1. The predicted molar refractivity (Wildman–Crippen MR) is 109 cm³/mol.